The summed E-state index contributed by atoms with van der Waals surface area (Å²) >= 11 is 0. The molecule has 0 unspecified atom stereocenters. The molecule has 2 heteroatoms. The second kappa shape index (κ2) is 15.4. The Morgan fingerprint density at radius 3 is 0.921 bits per heavy atom. The van der Waals surface area contributed by atoms with Crippen molar-refractivity contribution in [1.29, 1.82) is 0 Å². The van der Waals surface area contributed by atoms with Gasteiger partial charge in [-0.15, -0.1) is 0 Å². The van der Waals surface area contributed by atoms with E-state index in [-0.39, 0.29) is 0 Å². The van der Waals surface area contributed by atoms with Gasteiger partial charge in [0.25, 0.3) is 0 Å². The summed E-state index contributed by atoms with van der Waals surface area (Å²) in [5.74, 6) is 0. The van der Waals surface area contributed by atoms with Crippen LogP contribution in [0.4, 0.5) is 34.1 Å². The lowest BCUT2D eigenvalue weighted by molar-refractivity contribution is 0.753. The maximum atomic E-state index is 2.57. The van der Waals surface area contributed by atoms with Crippen LogP contribution in [0.3, 0.4) is 0 Å². The molecule has 0 saturated heterocycles. The van der Waals surface area contributed by atoms with Gasteiger partial charge in [-0.2, -0.15) is 0 Å². The number of fused-ring (bicyclic) bond motifs is 21. The van der Waals surface area contributed by atoms with E-state index in [1.165, 1.54) is 133 Å². The maximum Gasteiger partial charge on any atom is 0.0754 e. The second-order valence-corrected chi connectivity index (χ2v) is 21.0. The highest BCUT2D eigenvalue weighted by Crippen LogP contribution is 2.66. The monoisotopic (exact) mass is 962 g/mol. The van der Waals surface area contributed by atoms with E-state index < -0.39 is 10.8 Å². The standard InChI is InChI=1S/C74H46N2/c1-2-22-48-45-49(44-43-47(48)21-1)72-54-27-19-41-66(75-68-37-15-11-33-62(68)73(63-34-12-16-38-69(63)75)58-29-7-3-23-50(58)51-24-4-8-30-59(51)73)56(54)46-57-55(72)28-20-42-67(57)76-70-39-17-13-35-64(70)74(65-36-14-18-40-71(65)76)60-31-9-5-25-52(60)53-26-6-10-32-61(53)74/h1-46H. The van der Waals surface area contributed by atoms with Crippen LogP contribution in [0, 0.1) is 0 Å². The first-order valence-corrected chi connectivity index (χ1v) is 26.6. The average Bonchev–Trinajstić information content (AvgIpc) is 3.97. The highest BCUT2D eigenvalue weighted by molar-refractivity contribution is 6.21. The molecule has 0 N–H and O–H groups in total. The Morgan fingerprint density at radius 2 is 0.526 bits per heavy atom. The summed E-state index contributed by atoms with van der Waals surface area (Å²) < 4.78 is 0. The van der Waals surface area contributed by atoms with Gasteiger partial charge in [-0.05, 0) is 148 Å². The first-order valence-electron chi connectivity index (χ1n) is 26.6. The molecular formula is C74H46N2. The van der Waals surface area contributed by atoms with E-state index in [0.717, 1.165) is 11.4 Å². The van der Waals surface area contributed by atoms with Crippen molar-refractivity contribution in [3.8, 4) is 33.4 Å². The van der Waals surface area contributed by atoms with E-state index in [2.05, 4.69) is 289 Å². The van der Waals surface area contributed by atoms with E-state index >= 15 is 0 Å². The van der Waals surface area contributed by atoms with Crippen molar-refractivity contribution < 1.29 is 0 Å². The normalized spacial score (nSPS) is 14.5. The van der Waals surface area contributed by atoms with Crippen molar-refractivity contribution in [2.24, 2.45) is 0 Å². The van der Waals surface area contributed by atoms with Crippen molar-refractivity contribution in [3.05, 3.63) is 324 Å². The van der Waals surface area contributed by atoms with Gasteiger partial charge < -0.3 is 9.80 Å². The molecule has 2 spiro atoms. The fraction of sp³-hybridized carbons (Fsp3) is 0.0270. The predicted octanol–water partition coefficient (Wildman–Crippen LogP) is 19.1. The Balaban J connectivity index is 0.969. The maximum absolute atomic E-state index is 2.57. The minimum atomic E-state index is -0.510. The van der Waals surface area contributed by atoms with Gasteiger partial charge in [0, 0.05) is 10.8 Å². The van der Waals surface area contributed by atoms with Gasteiger partial charge in [-0.1, -0.05) is 231 Å². The molecule has 0 fully saturated rings. The second-order valence-electron chi connectivity index (χ2n) is 21.0. The third-order valence-corrected chi connectivity index (χ3v) is 17.6. The molecule has 17 rings (SSSR count). The lowest BCUT2D eigenvalue weighted by atomic mass is 9.64. The van der Waals surface area contributed by atoms with Crippen LogP contribution in [-0.2, 0) is 10.8 Å². The Bertz CT molecular complexity index is 4190. The largest absolute Gasteiger partial charge is 0.309 e. The van der Waals surface area contributed by atoms with Crippen LogP contribution in [0.25, 0.3) is 65.7 Å². The molecule has 13 aromatic carbocycles. The smallest absolute Gasteiger partial charge is 0.0754 e. The molecule has 2 aliphatic carbocycles. The Labute approximate surface area is 441 Å². The molecule has 2 nitrogen and oxygen atoms in total. The van der Waals surface area contributed by atoms with E-state index in [0.29, 0.717) is 0 Å². The van der Waals surface area contributed by atoms with E-state index in [1.54, 1.807) is 0 Å². The van der Waals surface area contributed by atoms with Crippen LogP contribution in [0.5, 0.6) is 0 Å². The van der Waals surface area contributed by atoms with Gasteiger partial charge in [-0.3, -0.25) is 0 Å². The lowest BCUT2D eigenvalue weighted by Crippen LogP contribution is -2.36. The first-order chi connectivity index (χ1) is 37.7. The molecule has 2 heterocycles. The number of anilines is 6. The fourth-order valence-electron chi connectivity index (χ4n) is 14.8. The predicted molar refractivity (Wildman–Crippen MR) is 315 cm³/mol. The number of rotatable bonds is 3. The van der Waals surface area contributed by atoms with Gasteiger partial charge in [-0.25, -0.2) is 0 Å². The zero-order valence-corrected chi connectivity index (χ0v) is 41.5. The quantitative estimate of drug-likeness (QED) is 0.163. The van der Waals surface area contributed by atoms with Gasteiger partial charge in [0.1, 0.15) is 0 Å². The number of para-hydroxylation sites is 4. The molecule has 2 aliphatic heterocycles. The van der Waals surface area contributed by atoms with Crippen molar-refractivity contribution >= 4 is 66.4 Å². The Hall–Kier alpha value is -9.76. The number of benzene rings is 13. The summed E-state index contributed by atoms with van der Waals surface area (Å²) in [4.78, 5) is 5.15. The fourth-order valence-corrected chi connectivity index (χ4v) is 14.8. The van der Waals surface area contributed by atoms with Gasteiger partial charge in [0.05, 0.1) is 45.0 Å². The Kier molecular flexibility index (Phi) is 8.44. The van der Waals surface area contributed by atoms with Crippen LogP contribution in [-0.4, -0.2) is 0 Å². The minimum Gasteiger partial charge on any atom is -0.309 e. The van der Waals surface area contributed by atoms with Crippen LogP contribution in [0.15, 0.2) is 279 Å². The molecule has 0 atom stereocenters. The van der Waals surface area contributed by atoms with Crippen LogP contribution >= 0.6 is 0 Å². The van der Waals surface area contributed by atoms with Gasteiger partial charge >= 0.3 is 0 Å². The highest BCUT2D eigenvalue weighted by atomic mass is 15.2. The van der Waals surface area contributed by atoms with Crippen LogP contribution < -0.4 is 9.80 Å². The van der Waals surface area contributed by atoms with Gasteiger partial charge in [0.2, 0.25) is 0 Å². The van der Waals surface area contributed by atoms with Crippen molar-refractivity contribution in [3.63, 3.8) is 0 Å². The Morgan fingerprint density at radius 1 is 0.211 bits per heavy atom. The van der Waals surface area contributed by atoms with Crippen LogP contribution in [0.2, 0.25) is 0 Å². The molecule has 0 amide bonds. The number of hydrogen-bond acceptors (Lipinski definition) is 2. The highest BCUT2D eigenvalue weighted by Gasteiger charge is 2.53. The number of nitrogens with zero attached hydrogens (tertiary/aromatic N) is 2. The molecular weight excluding hydrogens is 917 g/mol. The zero-order chi connectivity index (χ0) is 49.7. The van der Waals surface area contributed by atoms with Crippen LogP contribution in [0.1, 0.15) is 44.5 Å². The molecule has 13 aromatic rings. The summed E-state index contributed by atoms with van der Waals surface area (Å²) in [6.07, 6.45) is 0. The van der Waals surface area contributed by atoms with E-state index in [1.807, 2.05) is 0 Å². The summed E-state index contributed by atoms with van der Waals surface area (Å²) in [6, 6.07) is 105. The topological polar surface area (TPSA) is 6.48 Å². The van der Waals surface area contributed by atoms with Crippen molar-refractivity contribution in [2.45, 2.75) is 10.8 Å². The SMILES string of the molecule is c1ccc2c(c1)-c1ccccc1C21c2ccccc2N(c2cccc3c(-c4ccc5ccccc5c4)c4cccc(N5c6ccccc6C6(c7ccccc7-c7ccccc76)c6ccccc65)c4cc23)c2ccccc21. The summed E-state index contributed by atoms with van der Waals surface area (Å²) in [6.45, 7) is 0. The van der Waals surface area contributed by atoms with Crippen molar-refractivity contribution in [1.82, 2.24) is 0 Å². The third kappa shape index (κ3) is 5.20. The molecule has 0 radical (unpaired) electrons. The molecule has 0 bridgehead atoms. The molecule has 0 aromatic heterocycles. The van der Waals surface area contributed by atoms with Gasteiger partial charge in [0.15, 0.2) is 0 Å². The first kappa shape index (κ1) is 41.7. The molecule has 0 saturated carbocycles. The van der Waals surface area contributed by atoms with E-state index in [9.17, 15) is 0 Å². The summed E-state index contributed by atoms with van der Waals surface area (Å²) in [5.41, 5.74) is 24.1. The van der Waals surface area contributed by atoms with E-state index in [4.69, 9.17) is 0 Å². The lowest BCUT2D eigenvalue weighted by Gasteiger charge is -2.45. The summed E-state index contributed by atoms with van der Waals surface area (Å²) in [7, 11) is 0. The summed E-state index contributed by atoms with van der Waals surface area (Å²) in [5, 5.41) is 7.25. The molecule has 76 heavy (non-hydrogen) atoms. The third-order valence-electron chi connectivity index (χ3n) is 17.6. The number of hydrogen-bond donors (Lipinski definition) is 0. The molecule has 352 valence electrons. The minimum absolute atomic E-state index is 0.510. The zero-order valence-electron chi connectivity index (χ0n) is 41.5. The van der Waals surface area contributed by atoms with Crippen molar-refractivity contribution in [2.75, 3.05) is 9.80 Å². The molecule has 4 aliphatic rings. The average molecular weight is 963 g/mol.